The number of rotatable bonds is 9. The van der Waals surface area contributed by atoms with E-state index in [-0.39, 0.29) is 30.6 Å². The highest BCUT2D eigenvalue weighted by atomic mass is 32.1. The number of benzene rings is 1. The zero-order valence-corrected chi connectivity index (χ0v) is 14.9. The Balaban J connectivity index is 1.80. The number of hydrogen-bond donors (Lipinski definition) is 1. The number of carbonyl (C=O) groups is 2. The molecule has 0 aliphatic heterocycles. The van der Waals surface area contributed by atoms with Gasteiger partial charge in [0.2, 0.25) is 5.91 Å². The number of hydrogen-bond acceptors (Lipinski definition) is 4. The minimum atomic E-state index is -0.112. The van der Waals surface area contributed by atoms with Crippen molar-refractivity contribution in [3.8, 4) is 0 Å². The average Bonchev–Trinajstić information content (AvgIpc) is 3.11. The van der Waals surface area contributed by atoms with Crippen LogP contribution in [0.3, 0.4) is 0 Å². The molecule has 1 heterocycles. The molecule has 0 aliphatic carbocycles. The van der Waals surface area contributed by atoms with Gasteiger partial charge in [0.1, 0.15) is 0 Å². The Kier molecular flexibility index (Phi) is 7.15. The predicted octanol–water partition coefficient (Wildman–Crippen LogP) is 3.95. The first kappa shape index (κ1) is 18.4. The summed E-state index contributed by atoms with van der Waals surface area (Å²) >= 11 is 1.41. The maximum Gasteiger partial charge on any atom is 0.220 e. The SMILES string of the molecule is CC(C)OCc1ccccc1CNC(=O)CCC(=O)c1cccs1. The van der Waals surface area contributed by atoms with Gasteiger partial charge in [-0.05, 0) is 36.4 Å². The molecule has 0 radical (unpaired) electrons. The first-order valence-corrected chi connectivity index (χ1v) is 8.96. The molecular formula is C19H23NO3S. The van der Waals surface area contributed by atoms with Gasteiger partial charge in [-0.2, -0.15) is 0 Å². The van der Waals surface area contributed by atoms with E-state index in [2.05, 4.69) is 5.32 Å². The highest BCUT2D eigenvalue weighted by molar-refractivity contribution is 7.12. The van der Waals surface area contributed by atoms with Gasteiger partial charge in [-0.3, -0.25) is 9.59 Å². The zero-order chi connectivity index (χ0) is 17.4. The third-order valence-corrected chi connectivity index (χ3v) is 4.45. The van der Waals surface area contributed by atoms with Crippen LogP contribution in [0.15, 0.2) is 41.8 Å². The monoisotopic (exact) mass is 345 g/mol. The summed E-state index contributed by atoms with van der Waals surface area (Å²) in [5.41, 5.74) is 2.11. The fraction of sp³-hybridized carbons (Fsp3) is 0.368. The molecule has 0 fully saturated rings. The Morgan fingerprint density at radius 2 is 1.83 bits per heavy atom. The van der Waals surface area contributed by atoms with Crippen LogP contribution in [0.1, 0.15) is 47.5 Å². The van der Waals surface area contributed by atoms with Crippen molar-refractivity contribution in [1.29, 1.82) is 0 Å². The normalized spacial score (nSPS) is 10.8. The van der Waals surface area contributed by atoms with Crippen LogP contribution in [-0.2, 0) is 22.7 Å². The quantitative estimate of drug-likeness (QED) is 0.700. The number of ether oxygens (including phenoxy) is 1. The van der Waals surface area contributed by atoms with Gasteiger partial charge < -0.3 is 10.1 Å². The van der Waals surface area contributed by atoms with E-state index in [1.54, 1.807) is 6.07 Å². The number of thiophene rings is 1. The van der Waals surface area contributed by atoms with E-state index in [4.69, 9.17) is 4.74 Å². The van der Waals surface area contributed by atoms with Gasteiger partial charge in [0.25, 0.3) is 0 Å². The van der Waals surface area contributed by atoms with Crippen LogP contribution in [0.2, 0.25) is 0 Å². The highest BCUT2D eigenvalue weighted by Crippen LogP contribution is 2.13. The van der Waals surface area contributed by atoms with Crippen LogP contribution in [0, 0.1) is 0 Å². The second kappa shape index (κ2) is 9.35. The summed E-state index contributed by atoms with van der Waals surface area (Å²) in [6.07, 6.45) is 0.613. The molecule has 128 valence electrons. The number of nitrogens with one attached hydrogen (secondary N) is 1. The van der Waals surface area contributed by atoms with E-state index in [1.165, 1.54) is 11.3 Å². The minimum absolute atomic E-state index is 0.0193. The maximum atomic E-state index is 12.0. The van der Waals surface area contributed by atoms with Crippen molar-refractivity contribution in [2.75, 3.05) is 0 Å². The van der Waals surface area contributed by atoms with Crippen molar-refractivity contribution in [2.45, 2.75) is 45.9 Å². The van der Waals surface area contributed by atoms with E-state index in [0.29, 0.717) is 18.0 Å². The third-order valence-electron chi connectivity index (χ3n) is 3.54. The summed E-state index contributed by atoms with van der Waals surface area (Å²) in [7, 11) is 0. The molecule has 2 rings (SSSR count). The highest BCUT2D eigenvalue weighted by Gasteiger charge is 2.10. The first-order valence-electron chi connectivity index (χ1n) is 8.08. The van der Waals surface area contributed by atoms with Crippen LogP contribution in [0.4, 0.5) is 0 Å². The average molecular weight is 345 g/mol. The number of ketones is 1. The Hall–Kier alpha value is -1.98. The van der Waals surface area contributed by atoms with Crippen molar-refractivity contribution in [1.82, 2.24) is 5.32 Å². The summed E-state index contributed by atoms with van der Waals surface area (Å²) in [5, 5.41) is 4.75. The van der Waals surface area contributed by atoms with E-state index < -0.39 is 0 Å². The van der Waals surface area contributed by atoms with E-state index in [9.17, 15) is 9.59 Å². The molecule has 24 heavy (non-hydrogen) atoms. The van der Waals surface area contributed by atoms with Crippen molar-refractivity contribution in [2.24, 2.45) is 0 Å². The van der Waals surface area contributed by atoms with Gasteiger partial charge in [-0.1, -0.05) is 30.3 Å². The Morgan fingerprint density at radius 1 is 1.08 bits per heavy atom. The molecule has 0 saturated heterocycles. The van der Waals surface area contributed by atoms with E-state index in [1.807, 2.05) is 49.6 Å². The third kappa shape index (κ3) is 5.91. The van der Waals surface area contributed by atoms with Gasteiger partial charge in [0.05, 0.1) is 17.6 Å². The predicted molar refractivity (Wildman–Crippen MR) is 96.1 cm³/mol. The van der Waals surface area contributed by atoms with Crippen molar-refractivity contribution in [3.63, 3.8) is 0 Å². The van der Waals surface area contributed by atoms with Crippen molar-refractivity contribution < 1.29 is 14.3 Å². The summed E-state index contributed by atoms with van der Waals surface area (Å²) in [6, 6.07) is 11.5. The molecule has 4 nitrogen and oxygen atoms in total. The molecule has 1 aromatic carbocycles. The van der Waals surface area contributed by atoms with Crippen LogP contribution >= 0.6 is 11.3 Å². The molecule has 1 amide bonds. The fourth-order valence-corrected chi connectivity index (χ4v) is 2.89. The van der Waals surface area contributed by atoms with Crippen LogP contribution in [0.5, 0.6) is 0 Å². The first-order chi connectivity index (χ1) is 11.6. The molecule has 0 bridgehead atoms. The largest absolute Gasteiger partial charge is 0.374 e. The molecule has 0 atom stereocenters. The fourth-order valence-electron chi connectivity index (χ4n) is 2.20. The van der Waals surface area contributed by atoms with Gasteiger partial charge in [-0.15, -0.1) is 11.3 Å². The lowest BCUT2D eigenvalue weighted by molar-refractivity contribution is -0.121. The molecule has 0 unspecified atom stereocenters. The Morgan fingerprint density at radius 3 is 2.50 bits per heavy atom. The molecule has 2 aromatic rings. The van der Waals surface area contributed by atoms with Crippen molar-refractivity contribution in [3.05, 3.63) is 57.8 Å². The topological polar surface area (TPSA) is 55.4 Å². The Bertz CT molecular complexity index is 665. The van der Waals surface area contributed by atoms with E-state index in [0.717, 1.165) is 11.1 Å². The summed E-state index contributed by atoms with van der Waals surface area (Å²) in [4.78, 5) is 24.6. The minimum Gasteiger partial charge on any atom is -0.374 e. The van der Waals surface area contributed by atoms with E-state index >= 15 is 0 Å². The number of carbonyl (C=O) groups excluding carboxylic acids is 2. The van der Waals surface area contributed by atoms with Crippen LogP contribution < -0.4 is 5.32 Å². The molecular weight excluding hydrogens is 322 g/mol. The summed E-state index contributed by atoms with van der Waals surface area (Å²) in [6.45, 7) is 4.97. The van der Waals surface area contributed by atoms with Gasteiger partial charge in [0, 0.05) is 19.4 Å². The zero-order valence-electron chi connectivity index (χ0n) is 14.1. The van der Waals surface area contributed by atoms with Crippen LogP contribution in [-0.4, -0.2) is 17.8 Å². The molecule has 0 aliphatic rings. The second-order valence-electron chi connectivity index (χ2n) is 5.81. The lowest BCUT2D eigenvalue weighted by atomic mass is 10.1. The summed E-state index contributed by atoms with van der Waals surface area (Å²) in [5.74, 6) is -0.0922. The van der Waals surface area contributed by atoms with Gasteiger partial charge >= 0.3 is 0 Å². The van der Waals surface area contributed by atoms with Gasteiger partial charge in [0.15, 0.2) is 5.78 Å². The summed E-state index contributed by atoms with van der Waals surface area (Å²) < 4.78 is 5.64. The Labute approximate surface area is 146 Å². The van der Waals surface area contributed by atoms with Gasteiger partial charge in [-0.25, -0.2) is 0 Å². The number of Topliss-reactive ketones (excluding diaryl/α,β-unsaturated/α-hetero) is 1. The lowest BCUT2D eigenvalue weighted by Crippen LogP contribution is -2.24. The smallest absolute Gasteiger partial charge is 0.220 e. The van der Waals surface area contributed by atoms with Crippen molar-refractivity contribution >= 4 is 23.0 Å². The maximum absolute atomic E-state index is 12.0. The standard InChI is InChI=1S/C19H23NO3S/c1-14(2)23-13-16-7-4-3-6-15(16)12-20-19(22)10-9-17(21)18-8-5-11-24-18/h3-8,11,14H,9-10,12-13H2,1-2H3,(H,20,22). The molecule has 1 aromatic heterocycles. The molecule has 1 N–H and O–H groups in total. The molecule has 0 saturated carbocycles. The molecule has 0 spiro atoms. The second-order valence-corrected chi connectivity index (χ2v) is 6.75. The van der Waals surface area contributed by atoms with Crippen LogP contribution in [0.25, 0.3) is 0 Å². The number of amides is 1. The molecule has 5 heteroatoms. The lowest BCUT2D eigenvalue weighted by Gasteiger charge is -2.12.